The highest BCUT2D eigenvalue weighted by atomic mass is 16.5. The second kappa shape index (κ2) is 7.49. The van der Waals surface area contributed by atoms with E-state index in [0.717, 1.165) is 39.0 Å². The Labute approximate surface area is 143 Å². The van der Waals surface area contributed by atoms with Crippen LogP contribution >= 0.6 is 0 Å². The van der Waals surface area contributed by atoms with Crippen molar-refractivity contribution in [1.82, 2.24) is 14.8 Å². The van der Waals surface area contributed by atoms with Gasteiger partial charge in [0.25, 0.3) is 0 Å². The molecule has 0 aromatic carbocycles. The lowest BCUT2D eigenvalue weighted by Crippen LogP contribution is -2.67. The van der Waals surface area contributed by atoms with E-state index in [9.17, 15) is 4.79 Å². The average molecular weight is 333 g/mol. The molecule has 2 fully saturated rings. The molecule has 1 atom stereocenters. The number of rotatable bonds is 6. The zero-order chi connectivity index (χ0) is 17.0. The molecule has 1 amide bonds. The van der Waals surface area contributed by atoms with Gasteiger partial charge in [-0.15, -0.1) is 0 Å². The van der Waals surface area contributed by atoms with Gasteiger partial charge in [-0.3, -0.25) is 4.79 Å². The SMILES string of the molecule is CN(C)CC(=O)N1CC2(C[C@H](CCOc3ccccn3)CCO2)C1. The third kappa shape index (κ3) is 4.24. The quantitative estimate of drug-likeness (QED) is 0.788. The van der Waals surface area contributed by atoms with Gasteiger partial charge in [0.2, 0.25) is 11.8 Å². The van der Waals surface area contributed by atoms with Crippen LogP contribution in [0.25, 0.3) is 0 Å². The van der Waals surface area contributed by atoms with Gasteiger partial charge in [0, 0.05) is 18.9 Å². The summed E-state index contributed by atoms with van der Waals surface area (Å²) in [6.45, 7) is 3.40. The predicted molar refractivity (Wildman–Crippen MR) is 90.9 cm³/mol. The Bertz CT molecular complexity index is 544. The van der Waals surface area contributed by atoms with Crippen molar-refractivity contribution in [1.29, 1.82) is 0 Å². The first-order valence-electron chi connectivity index (χ1n) is 8.67. The number of carbonyl (C=O) groups is 1. The maximum Gasteiger partial charge on any atom is 0.236 e. The molecule has 0 aliphatic carbocycles. The Balaban J connectivity index is 1.41. The molecule has 6 nitrogen and oxygen atoms in total. The number of aromatic nitrogens is 1. The van der Waals surface area contributed by atoms with Crippen LogP contribution < -0.4 is 4.74 Å². The van der Waals surface area contributed by atoms with Crippen LogP contribution in [0.2, 0.25) is 0 Å². The summed E-state index contributed by atoms with van der Waals surface area (Å²) >= 11 is 0. The second-order valence-corrected chi connectivity index (χ2v) is 7.18. The molecule has 132 valence electrons. The monoisotopic (exact) mass is 333 g/mol. The van der Waals surface area contributed by atoms with Crippen LogP contribution in [0.4, 0.5) is 0 Å². The van der Waals surface area contributed by atoms with E-state index in [4.69, 9.17) is 9.47 Å². The maximum absolute atomic E-state index is 12.1. The van der Waals surface area contributed by atoms with Gasteiger partial charge in [0.1, 0.15) is 5.60 Å². The summed E-state index contributed by atoms with van der Waals surface area (Å²) in [4.78, 5) is 20.1. The van der Waals surface area contributed by atoms with E-state index in [1.165, 1.54) is 0 Å². The highest BCUT2D eigenvalue weighted by molar-refractivity contribution is 5.79. The lowest BCUT2D eigenvalue weighted by Gasteiger charge is -2.53. The first kappa shape index (κ1) is 17.2. The number of pyridine rings is 1. The van der Waals surface area contributed by atoms with Crippen LogP contribution in [0.1, 0.15) is 19.3 Å². The number of hydrogen-bond acceptors (Lipinski definition) is 5. The van der Waals surface area contributed by atoms with Gasteiger partial charge in [-0.1, -0.05) is 6.07 Å². The predicted octanol–water partition coefficient (Wildman–Crippen LogP) is 1.42. The minimum atomic E-state index is -0.115. The molecular weight excluding hydrogens is 306 g/mol. The molecule has 0 bridgehead atoms. The molecular formula is C18H27N3O3. The molecule has 0 unspecified atom stereocenters. The van der Waals surface area contributed by atoms with E-state index in [1.54, 1.807) is 6.20 Å². The summed E-state index contributed by atoms with van der Waals surface area (Å²) in [5.41, 5.74) is -0.115. The lowest BCUT2D eigenvalue weighted by molar-refractivity contribution is -0.189. The van der Waals surface area contributed by atoms with Crippen molar-refractivity contribution in [3.05, 3.63) is 24.4 Å². The zero-order valence-corrected chi connectivity index (χ0v) is 14.6. The fourth-order valence-corrected chi connectivity index (χ4v) is 3.55. The molecule has 2 saturated heterocycles. The van der Waals surface area contributed by atoms with Crippen molar-refractivity contribution < 1.29 is 14.3 Å². The van der Waals surface area contributed by atoms with Crippen LogP contribution in [0.3, 0.4) is 0 Å². The first-order valence-corrected chi connectivity index (χ1v) is 8.67. The summed E-state index contributed by atoms with van der Waals surface area (Å²) in [5.74, 6) is 1.46. The molecule has 3 rings (SSSR count). The van der Waals surface area contributed by atoms with Gasteiger partial charge >= 0.3 is 0 Å². The zero-order valence-electron chi connectivity index (χ0n) is 14.6. The Hall–Kier alpha value is -1.66. The van der Waals surface area contributed by atoms with Gasteiger partial charge in [-0.25, -0.2) is 4.98 Å². The van der Waals surface area contributed by atoms with Crippen molar-refractivity contribution in [3.63, 3.8) is 0 Å². The minimum absolute atomic E-state index is 0.115. The van der Waals surface area contributed by atoms with E-state index in [-0.39, 0.29) is 11.5 Å². The smallest absolute Gasteiger partial charge is 0.236 e. The summed E-state index contributed by atoms with van der Waals surface area (Å²) in [5, 5.41) is 0. The Morgan fingerprint density at radius 3 is 3.00 bits per heavy atom. The van der Waals surface area contributed by atoms with E-state index in [2.05, 4.69) is 4.98 Å². The first-order chi connectivity index (χ1) is 11.6. The van der Waals surface area contributed by atoms with Crippen molar-refractivity contribution >= 4 is 5.91 Å². The summed E-state index contributed by atoms with van der Waals surface area (Å²) < 4.78 is 11.7. The van der Waals surface area contributed by atoms with Crippen LogP contribution in [0.15, 0.2) is 24.4 Å². The van der Waals surface area contributed by atoms with Gasteiger partial charge < -0.3 is 19.3 Å². The Morgan fingerprint density at radius 1 is 1.46 bits per heavy atom. The van der Waals surface area contributed by atoms with Crippen LogP contribution in [-0.2, 0) is 9.53 Å². The second-order valence-electron chi connectivity index (χ2n) is 7.18. The molecule has 2 aliphatic rings. The van der Waals surface area contributed by atoms with Crippen molar-refractivity contribution in [3.8, 4) is 5.88 Å². The fraction of sp³-hybridized carbons (Fsp3) is 0.667. The fourth-order valence-electron chi connectivity index (χ4n) is 3.55. The van der Waals surface area contributed by atoms with Crippen molar-refractivity contribution in [2.75, 3.05) is 46.9 Å². The van der Waals surface area contributed by atoms with Crippen LogP contribution in [0, 0.1) is 5.92 Å². The van der Waals surface area contributed by atoms with Crippen molar-refractivity contribution in [2.24, 2.45) is 5.92 Å². The van der Waals surface area contributed by atoms with E-state index in [1.807, 2.05) is 42.1 Å². The Morgan fingerprint density at radius 2 is 2.29 bits per heavy atom. The van der Waals surface area contributed by atoms with Gasteiger partial charge in [0.05, 0.1) is 26.2 Å². The third-order valence-electron chi connectivity index (χ3n) is 4.77. The highest BCUT2D eigenvalue weighted by Crippen LogP contribution is 2.38. The van der Waals surface area contributed by atoms with Crippen molar-refractivity contribution in [2.45, 2.75) is 24.9 Å². The van der Waals surface area contributed by atoms with Gasteiger partial charge in [0.15, 0.2) is 0 Å². The highest BCUT2D eigenvalue weighted by Gasteiger charge is 2.48. The standard InChI is InChI=1S/C18H27N3O3/c1-20(2)12-17(22)21-13-18(14-21)11-15(7-10-24-18)6-9-23-16-5-3-4-8-19-16/h3-5,8,15H,6-7,9-14H2,1-2H3/t15-/m1/s1. The van der Waals surface area contributed by atoms with Gasteiger partial charge in [-0.05, 0) is 45.3 Å². The molecule has 0 saturated carbocycles. The molecule has 1 aromatic rings. The van der Waals surface area contributed by atoms with Gasteiger partial charge in [-0.2, -0.15) is 0 Å². The molecule has 24 heavy (non-hydrogen) atoms. The number of hydrogen-bond donors (Lipinski definition) is 0. The molecule has 1 aromatic heterocycles. The van der Waals surface area contributed by atoms with E-state index in [0.29, 0.717) is 24.9 Å². The summed E-state index contributed by atoms with van der Waals surface area (Å²) in [6, 6.07) is 5.69. The number of likely N-dealkylation sites (N-methyl/N-ethyl adjacent to an activating group) is 1. The minimum Gasteiger partial charge on any atom is -0.478 e. The number of carbonyl (C=O) groups excluding carboxylic acids is 1. The number of likely N-dealkylation sites (tertiary alicyclic amines) is 1. The van der Waals surface area contributed by atoms with Crippen LogP contribution in [-0.4, -0.2) is 73.2 Å². The summed E-state index contributed by atoms with van der Waals surface area (Å²) in [7, 11) is 3.84. The molecule has 2 aliphatic heterocycles. The summed E-state index contributed by atoms with van der Waals surface area (Å²) in [6.07, 6.45) is 4.84. The van der Waals surface area contributed by atoms with Crippen LogP contribution in [0.5, 0.6) is 5.88 Å². The molecule has 3 heterocycles. The third-order valence-corrected chi connectivity index (χ3v) is 4.77. The lowest BCUT2D eigenvalue weighted by atomic mass is 9.79. The Kier molecular flexibility index (Phi) is 5.36. The topological polar surface area (TPSA) is 54.9 Å². The molecule has 6 heteroatoms. The number of nitrogens with zero attached hydrogens (tertiary/aromatic N) is 3. The average Bonchev–Trinajstić information content (AvgIpc) is 2.53. The molecule has 0 N–H and O–H groups in total. The number of amides is 1. The van der Waals surface area contributed by atoms with E-state index < -0.39 is 0 Å². The molecule has 1 spiro atoms. The maximum atomic E-state index is 12.1. The molecule has 0 radical (unpaired) electrons. The van der Waals surface area contributed by atoms with E-state index >= 15 is 0 Å². The number of ether oxygens (including phenoxy) is 2. The normalized spacial score (nSPS) is 22.5. The largest absolute Gasteiger partial charge is 0.478 e.